The third kappa shape index (κ3) is 4.28. The molecular formula is C42H28BNO. The normalized spacial score (nSPS) is 12.1. The first-order valence-electron chi connectivity index (χ1n) is 15.5. The van der Waals surface area contributed by atoms with E-state index >= 15 is 0 Å². The first-order chi connectivity index (χ1) is 22.3. The molecule has 7 aromatic rings. The lowest BCUT2D eigenvalue weighted by Crippen LogP contribution is -2.52. The molecular weight excluding hydrogens is 545 g/mol. The van der Waals surface area contributed by atoms with E-state index in [9.17, 15) is 0 Å². The molecule has 0 spiro atoms. The molecule has 0 fully saturated rings. The number of ether oxygens (including phenoxy) is 1. The average molecular weight is 574 g/mol. The van der Waals surface area contributed by atoms with Gasteiger partial charge in [-0.15, -0.1) is 0 Å². The Labute approximate surface area is 263 Å². The van der Waals surface area contributed by atoms with Gasteiger partial charge < -0.3 is 9.64 Å². The van der Waals surface area contributed by atoms with Gasteiger partial charge in [0.25, 0.3) is 6.71 Å². The Morgan fingerprint density at radius 1 is 0.378 bits per heavy atom. The second kappa shape index (κ2) is 10.4. The van der Waals surface area contributed by atoms with E-state index in [2.05, 4.69) is 175 Å². The summed E-state index contributed by atoms with van der Waals surface area (Å²) in [7, 11) is 0. The maximum Gasteiger partial charge on any atom is 0.252 e. The number of hydrogen-bond donors (Lipinski definition) is 0. The molecule has 0 saturated heterocycles. The Hall–Kier alpha value is -5.80. The zero-order valence-electron chi connectivity index (χ0n) is 24.6. The molecule has 45 heavy (non-hydrogen) atoms. The monoisotopic (exact) mass is 573 g/mol. The average Bonchev–Trinajstić information content (AvgIpc) is 3.44. The van der Waals surface area contributed by atoms with Crippen LogP contribution in [0.15, 0.2) is 170 Å². The van der Waals surface area contributed by atoms with Crippen molar-refractivity contribution in [1.29, 1.82) is 0 Å². The number of anilines is 3. The Bertz CT molecular complexity index is 2140. The number of para-hydroxylation sites is 2. The Balaban J connectivity index is 1.28. The smallest absolute Gasteiger partial charge is 0.252 e. The molecule has 9 rings (SSSR count). The summed E-state index contributed by atoms with van der Waals surface area (Å²) in [5, 5.41) is 0. The summed E-state index contributed by atoms with van der Waals surface area (Å²) in [6, 6.07) is 60.6. The van der Waals surface area contributed by atoms with Gasteiger partial charge in [-0.1, -0.05) is 127 Å². The number of rotatable bonds is 5. The van der Waals surface area contributed by atoms with Gasteiger partial charge in [0.1, 0.15) is 11.5 Å². The first kappa shape index (κ1) is 25.7. The van der Waals surface area contributed by atoms with Crippen LogP contribution in [0, 0.1) is 0 Å². The van der Waals surface area contributed by atoms with Crippen molar-refractivity contribution in [2.75, 3.05) is 4.90 Å². The summed E-state index contributed by atoms with van der Waals surface area (Å²) in [4.78, 5) is 2.32. The van der Waals surface area contributed by atoms with E-state index in [4.69, 9.17) is 4.74 Å². The Kier molecular flexibility index (Phi) is 5.95. The van der Waals surface area contributed by atoms with Gasteiger partial charge in [0.05, 0.1) is 5.69 Å². The largest absolute Gasteiger partial charge is 0.458 e. The second-order valence-electron chi connectivity index (χ2n) is 11.7. The van der Waals surface area contributed by atoms with Gasteiger partial charge in [-0.05, 0) is 86.8 Å². The van der Waals surface area contributed by atoms with Gasteiger partial charge in [0.15, 0.2) is 0 Å². The van der Waals surface area contributed by atoms with Crippen LogP contribution in [0.2, 0.25) is 0 Å². The predicted molar refractivity (Wildman–Crippen MR) is 189 cm³/mol. The maximum absolute atomic E-state index is 6.91. The molecule has 0 aromatic heterocycles. The first-order valence-corrected chi connectivity index (χ1v) is 15.5. The molecule has 2 aliphatic rings. The van der Waals surface area contributed by atoms with Gasteiger partial charge in [-0.25, -0.2) is 0 Å². The molecule has 0 bridgehead atoms. The van der Waals surface area contributed by atoms with E-state index in [0.29, 0.717) is 0 Å². The highest BCUT2D eigenvalue weighted by molar-refractivity contribution is 7.00. The third-order valence-corrected chi connectivity index (χ3v) is 9.12. The quantitative estimate of drug-likeness (QED) is 0.191. The van der Waals surface area contributed by atoms with Crippen molar-refractivity contribution < 1.29 is 4.74 Å². The number of fused-ring (bicyclic) bond motifs is 5. The zero-order chi connectivity index (χ0) is 29.7. The topological polar surface area (TPSA) is 12.5 Å². The van der Waals surface area contributed by atoms with Crippen LogP contribution < -0.4 is 26.0 Å². The lowest BCUT2D eigenvalue weighted by molar-refractivity contribution is 0.488. The minimum Gasteiger partial charge on any atom is -0.458 e. The fourth-order valence-electron chi connectivity index (χ4n) is 7.07. The van der Waals surface area contributed by atoms with Crippen molar-refractivity contribution in [3.05, 3.63) is 170 Å². The van der Waals surface area contributed by atoms with E-state index in [1.54, 1.807) is 0 Å². The van der Waals surface area contributed by atoms with Crippen LogP contribution in [-0.2, 0) is 0 Å². The van der Waals surface area contributed by atoms with Crippen molar-refractivity contribution in [3.63, 3.8) is 0 Å². The molecule has 2 nitrogen and oxygen atoms in total. The van der Waals surface area contributed by atoms with E-state index in [0.717, 1.165) is 34.1 Å². The van der Waals surface area contributed by atoms with E-state index < -0.39 is 0 Å². The summed E-state index contributed by atoms with van der Waals surface area (Å²) in [5.74, 6) is 1.84. The van der Waals surface area contributed by atoms with Crippen molar-refractivity contribution in [1.82, 2.24) is 0 Å². The van der Waals surface area contributed by atoms with Crippen LogP contribution >= 0.6 is 0 Å². The van der Waals surface area contributed by atoms with Crippen molar-refractivity contribution in [2.24, 2.45) is 0 Å². The van der Waals surface area contributed by atoms with Crippen LogP contribution in [0.5, 0.6) is 11.5 Å². The second-order valence-corrected chi connectivity index (χ2v) is 11.7. The molecule has 0 aliphatic carbocycles. The fourth-order valence-corrected chi connectivity index (χ4v) is 7.07. The van der Waals surface area contributed by atoms with Gasteiger partial charge in [-0.3, -0.25) is 0 Å². The minimum absolute atomic E-state index is 0.111. The van der Waals surface area contributed by atoms with Crippen LogP contribution in [0.3, 0.4) is 0 Å². The minimum atomic E-state index is 0.111. The van der Waals surface area contributed by atoms with Crippen molar-refractivity contribution >= 4 is 40.2 Å². The van der Waals surface area contributed by atoms with Crippen LogP contribution in [0.1, 0.15) is 0 Å². The van der Waals surface area contributed by atoms with E-state index in [-0.39, 0.29) is 6.71 Å². The van der Waals surface area contributed by atoms with E-state index in [1.165, 1.54) is 44.2 Å². The molecule has 7 aromatic carbocycles. The highest BCUT2D eigenvalue weighted by Gasteiger charge is 2.41. The SMILES string of the molecule is c1ccc(-c2ccc3c(c2)Oc2cc(N(c4ccccc4)c4ccccc4)cc4c2B3c2ccc(-c3ccccc3)cc2-4)cc1. The number of benzene rings is 7. The molecule has 0 N–H and O–H groups in total. The van der Waals surface area contributed by atoms with Crippen LogP contribution in [-0.4, -0.2) is 6.71 Å². The van der Waals surface area contributed by atoms with Gasteiger partial charge >= 0.3 is 0 Å². The summed E-state index contributed by atoms with van der Waals surface area (Å²) < 4.78 is 6.91. The lowest BCUT2D eigenvalue weighted by atomic mass is 9.38. The predicted octanol–water partition coefficient (Wildman–Crippen LogP) is 9.09. The summed E-state index contributed by atoms with van der Waals surface area (Å²) in [6.45, 7) is 0.111. The molecule has 3 heteroatoms. The molecule has 0 radical (unpaired) electrons. The highest BCUT2D eigenvalue weighted by atomic mass is 16.5. The van der Waals surface area contributed by atoms with Gasteiger partial charge in [-0.2, -0.15) is 0 Å². The number of hydrogen-bond acceptors (Lipinski definition) is 2. The fraction of sp³-hybridized carbons (Fsp3) is 0. The lowest BCUT2D eigenvalue weighted by Gasteiger charge is -2.29. The maximum atomic E-state index is 6.91. The highest BCUT2D eigenvalue weighted by Crippen LogP contribution is 2.43. The zero-order valence-corrected chi connectivity index (χ0v) is 24.6. The van der Waals surface area contributed by atoms with Gasteiger partial charge in [0.2, 0.25) is 0 Å². The molecule has 0 unspecified atom stereocenters. The summed E-state index contributed by atoms with van der Waals surface area (Å²) >= 11 is 0. The van der Waals surface area contributed by atoms with Gasteiger partial charge in [0, 0.05) is 17.4 Å². The molecule has 2 aliphatic heterocycles. The Morgan fingerprint density at radius 3 is 1.51 bits per heavy atom. The van der Waals surface area contributed by atoms with Crippen molar-refractivity contribution in [3.8, 4) is 44.9 Å². The third-order valence-electron chi connectivity index (χ3n) is 9.12. The van der Waals surface area contributed by atoms with Crippen LogP contribution in [0.25, 0.3) is 33.4 Å². The summed E-state index contributed by atoms with van der Waals surface area (Å²) in [5.41, 5.74) is 14.3. The molecule has 0 saturated carbocycles. The standard InChI is InChI=1S/C42H28BNO/c1-5-13-29(14-6-1)31-21-23-38-36(25-31)37-27-35(44(33-17-9-3-10-18-33)34-19-11-4-12-20-34)28-41-42(37)43(38)39-24-22-32(26-40(39)45-41)30-15-7-2-8-16-30/h1-28H. The Morgan fingerprint density at radius 2 is 0.911 bits per heavy atom. The number of nitrogens with zero attached hydrogens (tertiary/aromatic N) is 1. The molecule has 0 atom stereocenters. The summed E-state index contributed by atoms with van der Waals surface area (Å²) in [6.07, 6.45) is 0. The van der Waals surface area contributed by atoms with Crippen molar-refractivity contribution in [2.45, 2.75) is 0 Å². The molecule has 210 valence electrons. The van der Waals surface area contributed by atoms with Crippen LogP contribution in [0.4, 0.5) is 17.1 Å². The van der Waals surface area contributed by atoms with E-state index in [1.807, 2.05) is 0 Å². The molecule has 0 amide bonds. The molecule has 2 heterocycles.